The summed E-state index contributed by atoms with van der Waals surface area (Å²) in [7, 11) is 1.58. The quantitative estimate of drug-likeness (QED) is 0.435. The third-order valence-corrected chi connectivity index (χ3v) is 5.34. The Morgan fingerprint density at radius 1 is 1.14 bits per heavy atom. The molecule has 0 radical (unpaired) electrons. The first-order valence-electron chi connectivity index (χ1n) is 9.50. The van der Waals surface area contributed by atoms with Crippen LogP contribution in [-0.2, 0) is 14.3 Å². The highest BCUT2D eigenvalue weighted by Crippen LogP contribution is 2.36. The van der Waals surface area contributed by atoms with Crippen LogP contribution in [0.5, 0.6) is 11.5 Å². The molecule has 1 aliphatic carbocycles. The molecule has 8 heteroatoms. The second-order valence-corrected chi connectivity index (χ2v) is 7.33. The molecule has 1 aromatic carbocycles. The first-order valence-corrected chi connectivity index (χ1v) is 9.50. The number of imide groups is 1. The van der Waals surface area contributed by atoms with E-state index in [0.29, 0.717) is 24.5 Å². The van der Waals surface area contributed by atoms with Crippen molar-refractivity contribution in [2.24, 2.45) is 5.92 Å². The highest BCUT2D eigenvalue weighted by Gasteiger charge is 2.52. The number of esters is 1. The topological polar surface area (TPSA) is 94.2 Å². The SMILES string of the molecule is COc1ccc(OCCOC(=O)CN2C(=O)NC3(CCC(C)CC3)C2=O)cc1. The predicted molar refractivity (Wildman–Crippen MR) is 100 cm³/mol. The number of rotatable bonds is 7. The lowest BCUT2D eigenvalue weighted by atomic mass is 9.77. The number of methoxy groups -OCH3 is 1. The molecule has 1 spiro atoms. The minimum Gasteiger partial charge on any atom is -0.497 e. The molecule has 2 aliphatic rings. The molecule has 152 valence electrons. The maximum atomic E-state index is 12.7. The van der Waals surface area contributed by atoms with Crippen molar-refractivity contribution in [2.45, 2.75) is 38.1 Å². The van der Waals surface area contributed by atoms with E-state index in [9.17, 15) is 14.4 Å². The molecule has 3 amide bonds. The number of amides is 3. The Kier molecular flexibility index (Phi) is 6.06. The second-order valence-electron chi connectivity index (χ2n) is 7.33. The number of hydrogen-bond donors (Lipinski definition) is 1. The highest BCUT2D eigenvalue weighted by atomic mass is 16.6. The molecule has 1 saturated heterocycles. The first kappa shape index (κ1) is 20.0. The van der Waals surface area contributed by atoms with E-state index in [4.69, 9.17) is 14.2 Å². The van der Waals surface area contributed by atoms with E-state index in [0.717, 1.165) is 23.5 Å². The van der Waals surface area contributed by atoms with Gasteiger partial charge in [0.2, 0.25) is 0 Å². The minimum atomic E-state index is -0.846. The predicted octanol–water partition coefficient (Wildman–Crippen LogP) is 2.12. The van der Waals surface area contributed by atoms with Crippen molar-refractivity contribution < 1.29 is 28.6 Å². The van der Waals surface area contributed by atoms with Crippen LogP contribution in [-0.4, -0.2) is 55.2 Å². The monoisotopic (exact) mass is 390 g/mol. The van der Waals surface area contributed by atoms with Crippen LogP contribution in [0, 0.1) is 5.92 Å². The van der Waals surface area contributed by atoms with Crippen LogP contribution >= 0.6 is 0 Å². The fourth-order valence-electron chi connectivity index (χ4n) is 3.58. The van der Waals surface area contributed by atoms with Gasteiger partial charge in [-0.1, -0.05) is 6.92 Å². The summed E-state index contributed by atoms with van der Waals surface area (Å²) in [6.07, 6.45) is 2.99. The first-order chi connectivity index (χ1) is 13.4. The molecule has 1 aliphatic heterocycles. The van der Waals surface area contributed by atoms with Gasteiger partial charge in [-0.3, -0.25) is 14.5 Å². The van der Waals surface area contributed by atoms with Gasteiger partial charge in [0.1, 0.15) is 36.8 Å². The molecule has 1 saturated carbocycles. The van der Waals surface area contributed by atoms with Crippen molar-refractivity contribution in [2.75, 3.05) is 26.9 Å². The Morgan fingerprint density at radius 3 is 2.43 bits per heavy atom. The van der Waals surface area contributed by atoms with Gasteiger partial charge in [0.25, 0.3) is 5.91 Å². The summed E-state index contributed by atoms with van der Waals surface area (Å²) in [6, 6.07) is 6.50. The molecular weight excluding hydrogens is 364 g/mol. The van der Waals surface area contributed by atoms with Crippen molar-refractivity contribution >= 4 is 17.9 Å². The summed E-state index contributed by atoms with van der Waals surface area (Å²) in [5.74, 6) is 0.927. The molecule has 0 atom stereocenters. The molecular formula is C20H26N2O6. The van der Waals surface area contributed by atoms with Crippen molar-refractivity contribution in [3.63, 3.8) is 0 Å². The number of nitrogens with zero attached hydrogens (tertiary/aromatic N) is 1. The summed E-state index contributed by atoms with van der Waals surface area (Å²) >= 11 is 0. The van der Waals surface area contributed by atoms with Gasteiger partial charge < -0.3 is 19.5 Å². The maximum Gasteiger partial charge on any atom is 0.326 e. The normalized spacial score (nSPS) is 24.2. The Bertz CT molecular complexity index is 725. The fraction of sp³-hybridized carbons (Fsp3) is 0.550. The van der Waals surface area contributed by atoms with Gasteiger partial charge in [-0.15, -0.1) is 0 Å². The van der Waals surface area contributed by atoms with Crippen molar-refractivity contribution in [3.05, 3.63) is 24.3 Å². The third kappa shape index (κ3) is 4.37. The minimum absolute atomic E-state index is 0.0250. The zero-order chi connectivity index (χ0) is 20.1. The van der Waals surface area contributed by atoms with Crippen LogP contribution < -0.4 is 14.8 Å². The van der Waals surface area contributed by atoms with Crippen molar-refractivity contribution in [1.82, 2.24) is 10.2 Å². The number of ether oxygens (including phenoxy) is 3. The number of urea groups is 1. The maximum absolute atomic E-state index is 12.7. The van der Waals surface area contributed by atoms with E-state index >= 15 is 0 Å². The van der Waals surface area contributed by atoms with Crippen LogP contribution in [0.15, 0.2) is 24.3 Å². The average molecular weight is 390 g/mol. The van der Waals surface area contributed by atoms with Gasteiger partial charge in [0.05, 0.1) is 7.11 Å². The zero-order valence-corrected chi connectivity index (χ0v) is 16.2. The summed E-state index contributed by atoms with van der Waals surface area (Å²) in [5, 5.41) is 2.79. The average Bonchev–Trinajstić information content (AvgIpc) is 2.92. The van der Waals surface area contributed by atoms with E-state index in [-0.39, 0.29) is 25.7 Å². The van der Waals surface area contributed by atoms with Gasteiger partial charge in [0.15, 0.2) is 0 Å². The number of nitrogens with one attached hydrogen (secondary N) is 1. The zero-order valence-electron chi connectivity index (χ0n) is 16.2. The van der Waals surface area contributed by atoms with Crippen LogP contribution in [0.4, 0.5) is 4.79 Å². The number of carbonyl (C=O) groups is 3. The lowest BCUT2D eigenvalue weighted by Gasteiger charge is -2.33. The van der Waals surface area contributed by atoms with Crippen LogP contribution in [0.25, 0.3) is 0 Å². The highest BCUT2D eigenvalue weighted by molar-refractivity contribution is 6.08. The van der Waals surface area contributed by atoms with Crippen LogP contribution in [0.3, 0.4) is 0 Å². The van der Waals surface area contributed by atoms with Gasteiger partial charge >= 0.3 is 12.0 Å². The molecule has 0 aromatic heterocycles. The summed E-state index contributed by atoms with van der Waals surface area (Å²) in [4.78, 5) is 37.9. The molecule has 1 N–H and O–H groups in total. The number of hydrogen-bond acceptors (Lipinski definition) is 6. The summed E-state index contributed by atoms with van der Waals surface area (Å²) in [5.41, 5.74) is -0.846. The van der Waals surface area contributed by atoms with Crippen molar-refractivity contribution in [3.8, 4) is 11.5 Å². The third-order valence-electron chi connectivity index (χ3n) is 5.34. The molecule has 0 bridgehead atoms. The number of carbonyl (C=O) groups excluding carboxylic acids is 3. The van der Waals surface area contributed by atoms with Gasteiger partial charge in [-0.2, -0.15) is 0 Å². The Hall–Kier alpha value is -2.77. The standard InChI is InChI=1S/C20H26N2O6/c1-14-7-9-20(10-8-14)18(24)22(19(25)21-20)13-17(23)28-12-11-27-16-5-3-15(26-2)4-6-16/h3-6,14H,7-13H2,1-2H3,(H,21,25). The smallest absolute Gasteiger partial charge is 0.326 e. The van der Waals surface area contributed by atoms with Crippen LogP contribution in [0.1, 0.15) is 32.6 Å². The summed E-state index contributed by atoms with van der Waals surface area (Å²) < 4.78 is 15.6. The second kappa shape index (κ2) is 8.50. The largest absolute Gasteiger partial charge is 0.497 e. The summed E-state index contributed by atoms with van der Waals surface area (Å²) in [6.45, 7) is 1.94. The molecule has 2 fully saturated rings. The Morgan fingerprint density at radius 2 is 1.79 bits per heavy atom. The van der Waals surface area contributed by atoms with E-state index < -0.39 is 17.5 Å². The van der Waals surface area contributed by atoms with E-state index in [1.54, 1.807) is 31.4 Å². The van der Waals surface area contributed by atoms with Gasteiger partial charge in [0, 0.05) is 0 Å². The lowest BCUT2D eigenvalue weighted by Crippen LogP contribution is -2.49. The Labute approximate surface area is 164 Å². The molecule has 28 heavy (non-hydrogen) atoms. The molecule has 1 heterocycles. The van der Waals surface area contributed by atoms with Gasteiger partial charge in [-0.25, -0.2) is 4.79 Å². The molecule has 8 nitrogen and oxygen atoms in total. The van der Waals surface area contributed by atoms with Crippen molar-refractivity contribution in [1.29, 1.82) is 0 Å². The fourth-order valence-corrected chi connectivity index (χ4v) is 3.58. The van der Waals surface area contributed by atoms with E-state index in [2.05, 4.69) is 12.2 Å². The van der Waals surface area contributed by atoms with Crippen LogP contribution in [0.2, 0.25) is 0 Å². The Balaban J connectivity index is 1.43. The van der Waals surface area contributed by atoms with Gasteiger partial charge in [-0.05, 0) is 55.9 Å². The number of benzene rings is 1. The van der Waals surface area contributed by atoms with E-state index in [1.165, 1.54) is 0 Å². The molecule has 1 aromatic rings. The lowest BCUT2D eigenvalue weighted by molar-refractivity contribution is -0.148. The molecule has 0 unspecified atom stereocenters. The van der Waals surface area contributed by atoms with E-state index in [1.807, 2.05) is 0 Å². The molecule has 3 rings (SSSR count).